The first-order chi connectivity index (χ1) is 16.1. The van der Waals surface area contributed by atoms with Crippen LogP contribution in [0.4, 0.5) is 0 Å². The normalized spacial score (nSPS) is 18.6. The Labute approximate surface area is 200 Å². The van der Waals surface area contributed by atoms with Gasteiger partial charge < -0.3 is 15.1 Å². The summed E-state index contributed by atoms with van der Waals surface area (Å²) in [5.74, 6) is -1.14. The molecule has 1 aromatic carbocycles. The number of carbonyl (C=O) groups excluding carboxylic acids is 3. The number of furan rings is 1. The molecule has 1 unspecified atom stereocenters. The molecule has 3 rings (SSSR count). The number of hydrogen-bond donors (Lipinski definition) is 2. The molecule has 0 bridgehead atoms. The van der Waals surface area contributed by atoms with Crippen LogP contribution >= 0.6 is 0 Å². The third kappa shape index (κ3) is 6.44. The molecule has 1 aliphatic heterocycles. The Kier molecular flexibility index (Phi) is 8.48. The molecule has 0 aliphatic carbocycles. The van der Waals surface area contributed by atoms with Gasteiger partial charge in [0, 0.05) is 11.9 Å². The maximum absolute atomic E-state index is 13.1. The fraction of sp³-hybridized carbons (Fsp3) is 0.542. The van der Waals surface area contributed by atoms with Gasteiger partial charge in [0.25, 0.3) is 5.91 Å². The van der Waals surface area contributed by atoms with Crippen molar-refractivity contribution in [1.82, 2.24) is 14.9 Å². The molecule has 0 saturated carbocycles. The van der Waals surface area contributed by atoms with Crippen molar-refractivity contribution in [1.29, 1.82) is 0 Å². The van der Waals surface area contributed by atoms with E-state index in [1.54, 1.807) is 25.1 Å². The number of benzene rings is 1. The molecule has 1 fully saturated rings. The van der Waals surface area contributed by atoms with E-state index in [1.807, 2.05) is 26.0 Å². The van der Waals surface area contributed by atoms with Crippen molar-refractivity contribution in [2.24, 2.45) is 5.92 Å². The van der Waals surface area contributed by atoms with Gasteiger partial charge in [0.05, 0.1) is 18.3 Å². The number of nitrogens with zero attached hydrogens (tertiary/aromatic N) is 1. The fourth-order valence-corrected chi connectivity index (χ4v) is 5.58. The van der Waals surface area contributed by atoms with Gasteiger partial charge in [-0.1, -0.05) is 39.0 Å². The van der Waals surface area contributed by atoms with E-state index in [1.165, 1.54) is 4.31 Å². The first-order valence-electron chi connectivity index (χ1n) is 11.7. The van der Waals surface area contributed by atoms with E-state index in [4.69, 9.17) is 4.42 Å². The number of fused-ring (bicyclic) bond motifs is 1. The van der Waals surface area contributed by atoms with Gasteiger partial charge in [-0.05, 0) is 43.7 Å². The molecular formula is C24H33N3O6S. The summed E-state index contributed by atoms with van der Waals surface area (Å²) in [5, 5.41) is 6.26. The fourth-order valence-electron chi connectivity index (χ4n) is 4.07. The molecule has 1 aliphatic rings. The lowest BCUT2D eigenvalue weighted by molar-refractivity contribution is -0.129. The predicted molar refractivity (Wildman–Crippen MR) is 129 cm³/mol. The third-order valence-electron chi connectivity index (χ3n) is 5.77. The highest BCUT2D eigenvalue weighted by molar-refractivity contribution is 7.89. The Balaban J connectivity index is 1.68. The van der Waals surface area contributed by atoms with E-state index in [-0.39, 0.29) is 36.3 Å². The van der Waals surface area contributed by atoms with Gasteiger partial charge in [-0.15, -0.1) is 0 Å². The summed E-state index contributed by atoms with van der Waals surface area (Å²) in [6.45, 7) is 5.63. The highest BCUT2D eigenvalue weighted by Crippen LogP contribution is 2.19. The molecule has 9 nitrogen and oxygen atoms in total. The summed E-state index contributed by atoms with van der Waals surface area (Å²) >= 11 is 0. The Morgan fingerprint density at radius 2 is 1.97 bits per heavy atom. The van der Waals surface area contributed by atoms with Gasteiger partial charge >= 0.3 is 0 Å². The van der Waals surface area contributed by atoms with E-state index in [0.717, 1.165) is 5.39 Å². The molecule has 2 aromatic rings. The number of sulfonamides is 1. The smallest absolute Gasteiger partial charge is 0.287 e. The summed E-state index contributed by atoms with van der Waals surface area (Å²) in [7, 11) is -3.50. The lowest BCUT2D eigenvalue weighted by Crippen LogP contribution is -2.52. The van der Waals surface area contributed by atoms with Crippen LogP contribution in [0, 0.1) is 5.92 Å². The van der Waals surface area contributed by atoms with Gasteiger partial charge in [-0.25, -0.2) is 8.42 Å². The zero-order valence-electron chi connectivity index (χ0n) is 19.9. The van der Waals surface area contributed by atoms with E-state index in [2.05, 4.69) is 10.6 Å². The van der Waals surface area contributed by atoms with Crippen LogP contribution < -0.4 is 10.6 Å². The predicted octanol–water partition coefficient (Wildman–Crippen LogP) is 2.47. The first kappa shape index (κ1) is 25.9. The highest BCUT2D eigenvalue weighted by Gasteiger charge is 2.33. The molecular weight excluding hydrogens is 458 g/mol. The van der Waals surface area contributed by atoms with Crippen molar-refractivity contribution < 1.29 is 27.2 Å². The van der Waals surface area contributed by atoms with Crippen LogP contribution in [-0.2, 0) is 19.6 Å². The van der Waals surface area contributed by atoms with E-state index >= 15 is 0 Å². The largest absolute Gasteiger partial charge is 0.451 e. The number of para-hydroxylation sites is 1. The molecule has 186 valence electrons. The zero-order valence-corrected chi connectivity index (χ0v) is 20.7. The summed E-state index contributed by atoms with van der Waals surface area (Å²) in [4.78, 5) is 38.7. The molecule has 2 heterocycles. The van der Waals surface area contributed by atoms with Crippen LogP contribution in [0.2, 0.25) is 0 Å². The molecule has 1 saturated heterocycles. The molecule has 2 atom stereocenters. The summed E-state index contributed by atoms with van der Waals surface area (Å²) < 4.78 is 31.6. The van der Waals surface area contributed by atoms with Gasteiger partial charge in [0.2, 0.25) is 15.9 Å². The quantitative estimate of drug-likeness (QED) is 0.555. The summed E-state index contributed by atoms with van der Waals surface area (Å²) in [5.41, 5.74) is 0.573. The lowest BCUT2D eigenvalue weighted by Gasteiger charge is -2.23. The molecule has 0 radical (unpaired) electrons. The minimum absolute atomic E-state index is 0.0123. The van der Waals surface area contributed by atoms with Gasteiger partial charge in [0.15, 0.2) is 11.5 Å². The number of Topliss-reactive ketones (excluding diaryl/α,β-unsaturated/α-hetero) is 1. The molecule has 34 heavy (non-hydrogen) atoms. The van der Waals surface area contributed by atoms with Gasteiger partial charge in [-0.3, -0.25) is 14.4 Å². The molecule has 0 spiro atoms. The van der Waals surface area contributed by atoms with Gasteiger partial charge in [-0.2, -0.15) is 4.31 Å². The van der Waals surface area contributed by atoms with Crippen LogP contribution in [0.1, 0.15) is 57.0 Å². The highest BCUT2D eigenvalue weighted by atomic mass is 32.2. The monoisotopic (exact) mass is 491 g/mol. The van der Waals surface area contributed by atoms with Crippen LogP contribution in [0.25, 0.3) is 11.0 Å². The Morgan fingerprint density at radius 1 is 1.24 bits per heavy atom. The topological polar surface area (TPSA) is 126 Å². The van der Waals surface area contributed by atoms with Crippen molar-refractivity contribution in [3.05, 3.63) is 36.1 Å². The third-order valence-corrected chi connectivity index (χ3v) is 7.79. The number of ketones is 1. The summed E-state index contributed by atoms with van der Waals surface area (Å²) in [6.07, 6.45) is 1.64. The van der Waals surface area contributed by atoms with E-state index < -0.39 is 33.9 Å². The Bertz CT molecular complexity index is 1110. The first-order valence-corrected chi connectivity index (χ1v) is 13.3. The average Bonchev–Trinajstić information content (AvgIpc) is 3.12. The average molecular weight is 492 g/mol. The maximum atomic E-state index is 13.1. The number of nitrogens with one attached hydrogen (secondary N) is 2. The zero-order chi connectivity index (χ0) is 24.9. The number of amides is 2. The van der Waals surface area contributed by atoms with Crippen molar-refractivity contribution in [3.8, 4) is 0 Å². The number of rotatable bonds is 9. The van der Waals surface area contributed by atoms with Crippen molar-refractivity contribution >= 4 is 38.6 Å². The Morgan fingerprint density at radius 3 is 2.65 bits per heavy atom. The minimum Gasteiger partial charge on any atom is -0.451 e. The second kappa shape index (κ2) is 11.1. The standard InChI is InChI=1S/C24H33N3O6S/c1-4-12-34(31,32)27-11-7-9-18(20(28)15-27)25-23(29)19(13-16(2)3)26-24(30)22-14-17-8-5-6-10-21(17)33-22/h5-6,8,10,14,16,18-19H,4,7,9,11-13,15H2,1-3H3,(H,25,29)(H,26,30)/t18-,19?/m0/s1. The van der Waals surface area contributed by atoms with Crippen molar-refractivity contribution in [2.45, 2.75) is 58.5 Å². The number of carbonyl (C=O) groups is 3. The van der Waals surface area contributed by atoms with Crippen LogP contribution in [0.15, 0.2) is 34.7 Å². The SMILES string of the molecule is CCCS(=O)(=O)N1CCC[C@H](NC(=O)C(CC(C)C)NC(=O)c2cc3ccccc3o2)C(=O)C1. The lowest BCUT2D eigenvalue weighted by atomic mass is 10.0. The maximum Gasteiger partial charge on any atom is 0.287 e. The summed E-state index contributed by atoms with van der Waals surface area (Å²) in [6, 6.07) is 7.19. The van der Waals surface area contributed by atoms with E-state index in [0.29, 0.717) is 31.3 Å². The minimum atomic E-state index is -3.50. The van der Waals surface area contributed by atoms with Crippen LogP contribution in [0.3, 0.4) is 0 Å². The molecule has 1 aromatic heterocycles. The number of hydrogen-bond acceptors (Lipinski definition) is 6. The molecule has 2 N–H and O–H groups in total. The van der Waals surface area contributed by atoms with Crippen LogP contribution in [-0.4, -0.2) is 61.2 Å². The molecule has 10 heteroatoms. The Hall–Kier alpha value is -2.72. The molecule has 2 amide bonds. The second-order valence-electron chi connectivity index (χ2n) is 9.12. The second-order valence-corrected chi connectivity index (χ2v) is 11.2. The van der Waals surface area contributed by atoms with Gasteiger partial charge in [0.1, 0.15) is 11.6 Å². The van der Waals surface area contributed by atoms with E-state index in [9.17, 15) is 22.8 Å². The van der Waals surface area contributed by atoms with Crippen molar-refractivity contribution in [3.63, 3.8) is 0 Å². The van der Waals surface area contributed by atoms with Crippen molar-refractivity contribution in [2.75, 3.05) is 18.8 Å². The van der Waals surface area contributed by atoms with Crippen LogP contribution in [0.5, 0.6) is 0 Å².